The van der Waals surface area contributed by atoms with Gasteiger partial charge < -0.3 is 14.5 Å². The third kappa shape index (κ3) is 2.87. The van der Waals surface area contributed by atoms with Crippen molar-refractivity contribution < 1.29 is 14.3 Å². The van der Waals surface area contributed by atoms with Crippen molar-refractivity contribution in [1.29, 1.82) is 0 Å². The van der Waals surface area contributed by atoms with E-state index >= 15 is 0 Å². The second-order valence-corrected chi connectivity index (χ2v) is 6.98. The third-order valence-corrected chi connectivity index (χ3v) is 5.81. The second kappa shape index (κ2) is 6.57. The molecule has 0 bridgehead atoms. The van der Waals surface area contributed by atoms with Gasteiger partial charge in [-0.25, -0.2) is 0 Å². The van der Waals surface area contributed by atoms with Crippen molar-refractivity contribution in [3.05, 3.63) is 0 Å². The molecule has 0 saturated carbocycles. The first-order chi connectivity index (χ1) is 10.7. The predicted octanol–water partition coefficient (Wildman–Crippen LogP) is 1.66. The predicted molar refractivity (Wildman–Crippen MR) is 83.3 cm³/mol. The van der Waals surface area contributed by atoms with E-state index in [2.05, 4.69) is 6.92 Å². The summed E-state index contributed by atoms with van der Waals surface area (Å²) in [6.07, 6.45) is 5.42. The maximum absolute atomic E-state index is 12.7. The van der Waals surface area contributed by atoms with Gasteiger partial charge in [0.15, 0.2) is 0 Å². The molecule has 0 unspecified atom stereocenters. The molecule has 3 aliphatic rings. The Labute approximate surface area is 133 Å². The lowest BCUT2D eigenvalue weighted by Gasteiger charge is -2.29. The minimum Gasteiger partial charge on any atom is -0.381 e. The van der Waals surface area contributed by atoms with Crippen molar-refractivity contribution in [2.45, 2.75) is 45.4 Å². The Morgan fingerprint density at radius 3 is 2.59 bits per heavy atom. The zero-order chi connectivity index (χ0) is 15.6. The summed E-state index contributed by atoms with van der Waals surface area (Å²) in [5.41, 5.74) is -0.180. The van der Waals surface area contributed by atoms with Crippen molar-refractivity contribution in [3.8, 4) is 0 Å². The molecule has 124 valence electrons. The van der Waals surface area contributed by atoms with E-state index in [1.165, 1.54) is 0 Å². The van der Waals surface area contributed by atoms with Crippen LogP contribution in [0.3, 0.4) is 0 Å². The summed E-state index contributed by atoms with van der Waals surface area (Å²) in [6.45, 7) is 6.73. The average Bonchev–Trinajstić information content (AvgIpc) is 2.74. The number of hydrogen-bond donors (Lipinski definition) is 0. The maximum atomic E-state index is 12.7. The van der Waals surface area contributed by atoms with Gasteiger partial charge in [-0.05, 0) is 45.4 Å². The van der Waals surface area contributed by atoms with Crippen LogP contribution in [0.1, 0.15) is 45.4 Å². The monoisotopic (exact) mass is 308 g/mol. The lowest BCUT2D eigenvalue weighted by atomic mass is 9.79. The number of likely N-dealkylation sites (tertiary alicyclic amines) is 2. The second-order valence-electron chi connectivity index (χ2n) is 6.98. The van der Waals surface area contributed by atoms with E-state index in [4.69, 9.17) is 4.74 Å². The minimum atomic E-state index is -0.180. The van der Waals surface area contributed by atoms with Crippen molar-refractivity contribution in [1.82, 2.24) is 9.80 Å². The van der Waals surface area contributed by atoms with E-state index in [1.807, 2.05) is 9.80 Å². The summed E-state index contributed by atoms with van der Waals surface area (Å²) in [6, 6.07) is 0. The van der Waals surface area contributed by atoms with Crippen LogP contribution < -0.4 is 0 Å². The summed E-state index contributed by atoms with van der Waals surface area (Å²) in [5, 5.41) is 0. The van der Waals surface area contributed by atoms with E-state index in [1.54, 1.807) is 0 Å². The van der Waals surface area contributed by atoms with E-state index < -0.39 is 0 Å². The standard InChI is InChI=1S/C17H28N2O3/c1-2-18-10-7-17(16(18)21)6-3-9-19(11-8-17)15(20)14-4-12-22-13-5-14/h14H,2-13H2,1H3/t17-/m0/s1. The number of hydrogen-bond acceptors (Lipinski definition) is 3. The first-order valence-electron chi connectivity index (χ1n) is 8.82. The Hall–Kier alpha value is -1.10. The van der Waals surface area contributed by atoms with E-state index in [-0.39, 0.29) is 17.2 Å². The number of rotatable bonds is 2. The highest BCUT2D eigenvalue weighted by Gasteiger charge is 2.46. The fourth-order valence-electron chi connectivity index (χ4n) is 4.28. The molecule has 3 heterocycles. The highest BCUT2D eigenvalue weighted by molar-refractivity contribution is 5.85. The van der Waals surface area contributed by atoms with Gasteiger partial charge in [0, 0.05) is 45.3 Å². The zero-order valence-corrected chi connectivity index (χ0v) is 13.7. The summed E-state index contributed by atoms with van der Waals surface area (Å²) in [7, 11) is 0. The molecule has 3 aliphatic heterocycles. The van der Waals surface area contributed by atoms with Gasteiger partial charge in [0.2, 0.25) is 11.8 Å². The first-order valence-corrected chi connectivity index (χ1v) is 8.82. The fourth-order valence-corrected chi connectivity index (χ4v) is 4.28. The SMILES string of the molecule is CCN1CC[C@]2(CCCN(C(=O)C3CCOCC3)CC2)C1=O. The molecule has 0 radical (unpaired) electrons. The molecule has 1 spiro atoms. The van der Waals surface area contributed by atoms with Gasteiger partial charge >= 0.3 is 0 Å². The molecule has 0 aromatic rings. The summed E-state index contributed by atoms with van der Waals surface area (Å²) < 4.78 is 5.36. The molecular formula is C17H28N2O3. The van der Waals surface area contributed by atoms with Crippen molar-refractivity contribution >= 4 is 11.8 Å². The molecule has 3 fully saturated rings. The van der Waals surface area contributed by atoms with Crippen LogP contribution in [0.5, 0.6) is 0 Å². The van der Waals surface area contributed by atoms with Crippen molar-refractivity contribution in [3.63, 3.8) is 0 Å². The molecule has 3 saturated heterocycles. The van der Waals surface area contributed by atoms with Crippen LogP contribution in [-0.2, 0) is 14.3 Å². The van der Waals surface area contributed by atoms with Crippen molar-refractivity contribution in [2.75, 3.05) is 39.4 Å². The molecule has 22 heavy (non-hydrogen) atoms. The maximum Gasteiger partial charge on any atom is 0.228 e. The van der Waals surface area contributed by atoms with Gasteiger partial charge in [-0.1, -0.05) is 0 Å². The Bertz CT molecular complexity index is 434. The molecule has 0 aromatic heterocycles. The highest BCUT2D eigenvalue weighted by atomic mass is 16.5. The molecule has 0 aromatic carbocycles. The molecule has 0 aliphatic carbocycles. The van der Waals surface area contributed by atoms with Gasteiger partial charge in [-0.3, -0.25) is 9.59 Å². The normalized spacial score (nSPS) is 30.9. The Kier molecular flexibility index (Phi) is 4.71. The molecular weight excluding hydrogens is 280 g/mol. The lowest BCUT2D eigenvalue weighted by Crippen LogP contribution is -2.40. The van der Waals surface area contributed by atoms with Crippen LogP contribution >= 0.6 is 0 Å². The summed E-state index contributed by atoms with van der Waals surface area (Å²) in [5.74, 6) is 0.753. The number of carbonyl (C=O) groups excluding carboxylic acids is 2. The third-order valence-electron chi connectivity index (χ3n) is 5.81. The van der Waals surface area contributed by atoms with Gasteiger partial charge in [0.25, 0.3) is 0 Å². The number of amides is 2. The average molecular weight is 308 g/mol. The van der Waals surface area contributed by atoms with Crippen LogP contribution in [0.25, 0.3) is 0 Å². The highest BCUT2D eigenvalue weighted by Crippen LogP contribution is 2.41. The summed E-state index contributed by atoms with van der Waals surface area (Å²) >= 11 is 0. The van der Waals surface area contributed by atoms with E-state index in [9.17, 15) is 9.59 Å². The zero-order valence-electron chi connectivity index (χ0n) is 13.7. The van der Waals surface area contributed by atoms with Crippen LogP contribution in [0.4, 0.5) is 0 Å². The quantitative estimate of drug-likeness (QED) is 0.779. The van der Waals surface area contributed by atoms with Gasteiger partial charge in [-0.2, -0.15) is 0 Å². The molecule has 3 rings (SSSR count). The Balaban J connectivity index is 1.62. The Morgan fingerprint density at radius 1 is 1.18 bits per heavy atom. The molecule has 5 heteroatoms. The van der Waals surface area contributed by atoms with Gasteiger partial charge in [0.1, 0.15) is 0 Å². The Morgan fingerprint density at radius 2 is 1.91 bits per heavy atom. The molecule has 2 amide bonds. The molecule has 1 atom stereocenters. The van der Waals surface area contributed by atoms with Crippen LogP contribution in [0, 0.1) is 11.3 Å². The first kappa shape index (κ1) is 15.8. The largest absolute Gasteiger partial charge is 0.381 e. The minimum absolute atomic E-state index is 0.134. The number of nitrogens with zero attached hydrogens (tertiary/aromatic N) is 2. The van der Waals surface area contributed by atoms with Gasteiger partial charge in [-0.15, -0.1) is 0 Å². The lowest BCUT2D eigenvalue weighted by molar-refractivity contribution is -0.140. The number of carbonyl (C=O) groups is 2. The van der Waals surface area contributed by atoms with E-state index in [0.717, 1.165) is 64.7 Å². The van der Waals surface area contributed by atoms with Crippen LogP contribution in [0.2, 0.25) is 0 Å². The number of ether oxygens (including phenoxy) is 1. The fraction of sp³-hybridized carbons (Fsp3) is 0.882. The smallest absolute Gasteiger partial charge is 0.228 e. The summed E-state index contributed by atoms with van der Waals surface area (Å²) in [4.78, 5) is 29.3. The molecule has 5 nitrogen and oxygen atoms in total. The van der Waals surface area contributed by atoms with Gasteiger partial charge in [0.05, 0.1) is 5.41 Å². The molecule has 0 N–H and O–H groups in total. The van der Waals surface area contributed by atoms with Crippen LogP contribution in [0.15, 0.2) is 0 Å². The van der Waals surface area contributed by atoms with E-state index in [0.29, 0.717) is 19.1 Å². The van der Waals surface area contributed by atoms with Crippen molar-refractivity contribution in [2.24, 2.45) is 11.3 Å². The topological polar surface area (TPSA) is 49.9 Å². The van der Waals surface area contributed by atoms with Crippen LogP contribution in [-0.4, -0.2) is 61.0 Å².